The maximum atomic E-state index is 11.4. The minimum absolute atomic E-state index is 0.140. The number of benzene rings is 1. The van der Waals surface area contributed by atoms with E-state index in [1.807, 2.05) is 45.0 Å². The average Bonchev–Trinajstić information content (AvgIpc) is 2.08. The monoisotopic (exact) mass is 197 g/mol. The number of hydrogen-bond donors (Lipinski definition) is 1. The van der Waals surface area contributed by atoms with Crippen LogP contribution in [0, 0.1) is 6.92 Å². The van der Waals surface area contributed by atoms with Gasteiger partial charge >= 0.3 is 0 Å². The fourth-order valence-electron chi connectivity index (χ4n) is 0.856. The van der Waals surface area contributed by atoms with Gasteiger partial charge in [0.05, 0.1) is 0 Å². The van der Waals surface area contributed by atoms with Gasteiger partial charge in [-0.1, -0.05) is 17.7 Å². The van der Waals surface area contributed by atoms with Crippen molar-refractivity contribution in [2.45, 2.75) is 26.0 Å². The lowest BCUT2D eigenvalue weighted by molar-refractivity contribution is 0.680. The Labute approximate surface area is 82.0 Å². The second-order valence-electron chi connectivity index (χ2n) is 3.31. The van der Waals surface area contributed by atoms with Crippen LogP contribution in [-0.4, -0.2) is 9.46 Å². The Balaban J connectivity index is 2.65. The van der Waals surface area contributed by atoms with Crippen molar-refractivity contribution in [2.75, 3.05) is 4.72 Å². The number of anilines is 1. The van der Waals surface area contributed by atoms with E-state index < -0.39 is 11.0 Å². The normalized spacial score (nSPS) is 12.9. The molecule has 72 valence electrons. The number of nitrogens with one attached hydrogen (secondary N) is 1. The lowest BCUT2D eigenvalue weighted by Gasteiger charge is -2.08. The van der Waals surface area contributed by atoms with Crippen LogP contribution in [0.4, 0.5) is 5.69 Å². The number of rotatable bonds is 3. The van der Waals surface area contributed by atoms with Gasteiger partial charge in [-0.2, -0.15) is 0 Å². The SMILES string of the molecule is Cc1ccc(NS(=O)C(C)C)cc1. The molecule has 0 saturated heterocycles. The number of aryl methyl sites for hydroxylation is 1. The van der Waals surface area contributed by atoms with Gasteiger partial charge in [0.15, 0.2) is 0 Å². The highest BCUT2D eigenvalue weighted by Crippen LogP contribution is 2.10. The Hall–Kier alpha value is -0.830. The smallest absolute Gasteiger partial charge is 0.119 e. The molecule has 0 bridgehead atoms. The third-order valence-corrected chi connectivity index (χ3v) is 2.99. The first-order valence-electron chi connectivity index (χ1n) is 4.33. The van der Waals surface area contributed by atoms with Crippen molar-refractivity contribution >= 4 is 16.7 Å². The summed E-state index contributed by atoms with van der Waals surface area (Å²) in [6, 6.07) is 7.88. The Morgan fingerprint density at radius 2 is 1.77 bits per heavy atom. The molecule has 0 aliphatic rings. The van der Waals surface area contributed by atoms with Crippen LogP contribution in [0.5, 0.6) is 0 Å². The molecule has 1 rings (SSSR count). The van der Waals surface area contributed by atoms with Gasteiger partial charge in [0.2, 0.25) is 0 Å². The molecule has 1 aromatic rings. The van der Waals surface area contributed by atoms with E-state index in [0.29, 0.717) is 0 Å². The molecule has 1 aromatic carbocycles. The molecule has 0 fully saturated rings. The lowest BCUT2D eigenvalue weighted by Crippen LogP contribution is -2.14. The lowest BCUT2D eigenvalue weighted by atomic mass is 10.2. The Morgan fingerprint density at radius 1 is 1.23 bits per heavy atom. The van der Waals surface area contributed by atoms with E-state index in [1.165, 1.54) is 5.56 Å². The van der Waals surface area contributed by atoms with E-state index in [1.54, 1.807) is 0 Å². The van der Waals surface area contributed by atoms with Gasteiger partial charge in [-0.3, -0.25) is 0 Å². The van der Waals surface area contributed by atoms with E-state index in [4.69, 9.17) is 0 Å². The molecule has 1 unspecified atom stereocenters. The minimum Gasteiger partial charge on any atom is -0.305 e. The van der Waals surface area contributed by atoms with Gasteiger partial charge in [-0.15, -0.1) is 0 Å². The molecule has 0 amide bonds. The largest absolute Gasteiger partial charge is 0.305 e. The van der Waals surface area contributed by atoms with Crippen molar-refractivity contribution in [1.29, 1.82) is 0 Å². The highest BCUT2D eigenvalue weighted by atomic mass is 32.2. The second-order valence-corrected chi connectivity index (χ2v) is 5.06. The molecule has 0 heterocycles. The summed E-state index contributed by atoms with van der Waals surface area (Å²) in [5.74, 6) is 0. The highest BCUT2D eigenvalue weighted by molar-refractivity contribution is 7.86. The van der Waals surface area contributed by atoms with Crippen molar-refractivity contribution in [3.05, 3.63) is 29.8 Å². The molecule has 0 saturated carbocycles. The van der Waals surface area contributed by atoms with Gasteiger partial charge in [0, 0.05) is 10.9 Å². The molecular weight excluding hydrogens is 182 g/mol. The summed E-state index contributed by atoms with van der Waals surface area (Å²) >= 11 is 0. The zero-order valence-electron chi connectivity index (χ0n) is 8.20. The standard InChI is InChI=1S/C10H15NOS/c1-8(2)13(12)11-10-6-4-9(3)5-7-10/h4-8,11H,1-3H3. The third kappa shape index (κ3) is 3.19. The van der Waals surface area contributed by atoms with E-state index >= 15 is 0 Å². The van der Waals surface area contributed by atoms with E-state index in [9.17, 15) is 4.21 Å². The molecule has 2 nitrogen and oxygen atoms in total. The Bertz CT molecular complexity index is 292. The van der Waals surface area contributed by atoms with Crippen LogP contribution < -0.4 is 4.72 Å². The summed E-state index contributed by atoms with van der Waals surface area (Å²) in [6.07, 6.45) is 0. The maximum absolute atomic E-state index is 11.4. The predicted molar refractivity (Wildman–Crippen MR) is 58.1 cm³/mol. The molecule has 1 atom stereocenters. The second kappa shape index (κ2) is 4.42. The van der Waals surface area contributed by atoms with Gasteiger partial charge < -0.3 is 4.72 Å². The summed E-state index contributed by atoms with van der Waals surface area (Å²) in [5, 5.41) is 0.140. The van der Waals surface area contributed by atoms with Crippen LogP contribution in [0.3, 0.4) is 0 Å². The maximum Gasteiger partial charge on any atom is 0.119 e. The summed E-state index contributed by atoms with van der Waals surface area (Å²) in [6.45, 7) is 5.89. The topological polar surface area (TPSA) is 29.1 Å². The molecule has 0 spiro atoms. The van der Waals surface area contributed by atoms with E-state index in [0.717, 1.165) is 5.69 Å². The van der Waals surface area contributed by atoms with Crippen LogP contribution >= 0.6 is 0 Å². The molecule has 0 aliphatic heterocycles. The van der Waals surface area contributed by atoms with Gasteiger partial charge in [0.1, 0.15) is 11.0 Å². The molecule has 13 heavy (non-hydrogen) atoms. The van der Waals surface area contributed by atoms with Gasteiger partial charge in [0.25, 0.3) is 0 Å². The third-order valence-electron chi connectivity index (χ3n) is 1.70. The molecular formula is C10H15NOS. The van der Waals surface area contributed by atoms with E-state index in [2.05, 4.69) is 4.72 Å². The first kappa shape index (κ1) is 10.3. The minimum atomic E-state index is -0.979. The molecule has 0 aliphatic carbocycles. The van der Waals surface area contributed by atoms with E-state index in [-0.39, 0.29) is 5.25 Å². The molecule has 0 radical (unpaired) electrons. The zero-order chi connectivity index (χ0) is 9.84. The van der Waals surface area contributed by atoms with Crippen molar-refractivity contribution in [3.8, 4) is 0 Å². The van der Waals surface area contributed by atoms with Crippen molar-refractivity contribution in [2.24, 2.45) is 0 Å². The van der Waals surface area contributed by atoms with Crippen molar-refractivity contribution in [3.63, 3.8) is 0 Å². The quantitative estimate of drug-likeness (QED) is 0.792. The highest BCUT2D eigenvalue weighted by Gasteiger charge is 2.03. The van der Waals surface area contributed by atoms with Crippen LogP contribution in [0.25, 0.3) is 0 Å². The summed E-state index contributed by atoms with van der Waals surface area (Å²) < 4.78 is 14.3. The van der Waals surface area contributed by atoms with Gasteiger partial charge in [-0.25, -0.2) is 4.21 Å². The predicted octanol–water partition coefficient (Wildman–Crippen LogP) is 2.48. The summed E-state index contributed by atoms with van der Waals surface area (Å²) in [7, 11) is -0.979. The fraction of sp³-hybridized carbons (Fsp3) is 0.400. The molecule has 1 N–H and O–H groups in total. The first-order valence-corrected chi connectivity index (χ1v) is 5.55. The summed E-state index contributed by atoms with van der Waals surface area (Å²) in [5.41, 5.74) is 2.12. The fourth-order valence-corrected chi connectivity index (χ4v) is 1.46. The molecule has 3 heteroatoms. The van der Waals surface area contributed by atoms with Crippen LogP contribution in [-0.2, 0) is 11.0 Å². The average molecular weight is 197 g/mol. The number of hydrogen-bond acceptors (Lipinski definition) is 1. The van der Waals surface area contributed by atoms with Crippen LogP contribution in [0.15, 0.2) is 24.3 Å². The first-order chi connectivity index (χ1) is 6.09. The van der Waals surface area contributed by atoms with Crippen LogP contribution in [0.1, 0.15) is 19.4 Å². The van der Waals surface area contributed by atoms with Crippen molar-refractivity contribution < 1.29 is 4.21 Å². The Morgan fingerprint density at radius 3 is 2.23 bits per heavy atom. The molecule has 0 aromatic heterocycles. The summed E-state index contributed by atoms with van der Waals surface area (Å²) in [4.78, 5) is 0. The van der Waals surface area contributed by atoms with Crippen molar-refractivity contribution in [1.82, 2.24) is 0 Å². The Kier molecular flexibility index (Phi) is 3.48. The van der Waals surface area contributed by atoms with Gasteiger partial charge in [-0.05, 0) is 32.9 Å². The van der Waals surface area contributed by atoms with Crippen LogP contribution in [0.2, 0.25) is 0 Å². The zero-order valence-corrected chi connectivity index (χ0v) is 9.02.